The fraction of sp³-hybridized carbons (Fsp3) is 0.500. The van der Waals surface area contributed by atoms with E-state index in [4.69, 9.17) is 0 Å². The zero-order valence-corrected chi connectivity index (χ0v) is 8.56. The van der Waals surface area contributed by atoms with Crippen LogP contribution in [0.2, 0.25) is 0 Å². The molecular weight excluding hydrogens is 194 g/mol. The Hall–Kier alpha value is -1.65. The van der Waals surface area contributed by atoms with Gasteiger partial charge in [0, 0.05) is 31.6 Å². The topological polar surface area (TPSA) is 66.1 Å². The number of carbonyl (C=O) groups is 2. The van der Waals surface area contributed by atoms with Gasteiger partial charge in [-0.25, -0.2) is 0 Å². The third-order valence-electron chi connectivity index (χ3n) is 2.69. The molecule has 1 aliphatic heterocycles. The molecule has 0 aliphatic carbocycles. The van der Waals surface area contributed by atoms with Crippen molar-refractivity contribution in [1.82, 2.24) is 15.1 Å². The average Bonchev–Trinajstić information content (AvgIpc) is 2.74. The first-order valence-electron chi connectivity index (χ1n) is 5.00. The highest BCUT2D eigenvalue weighted by atomic mass is 16.2. The zero-order chi connectivity index (χ0) is 10.8. The van der Waals surface area contributed by atoms with Crippen LogP contribution < -0.4 is 0 Å². The van der Waals surface area contributed by atoms with E-state index >= 15 is 0 Å². The molecule has 0 spiro atoms. The van der Waals surface area contributed by atoms with Crippen molar-refractivity contribution in [1.29, 1.82) is 0 Å². The van der Waals surface area contributed by atoms with Crippen LogP contribution in [0.3, 0.4) is 0 Å². The number of hydrogen-bond donors (Lipinski definition) is 1. The van der Waals surface area contributed by atoms with Gasteiger partial charge in [0.25, 0.3) is 5.91 Å². The molecule has 0 bridgehead atoms. The van der Waals surface area contributed by atoms with Gasteiger partial charge in [-0.3, -0.25) is 14.7 Å². The summed E-state index contributed by atoms with van der Waals surface area (Å²) in [5.74, 6) is 0.112. The van der Waals surface area contributed by atoms with E-state index in [2.05, 4.69) is 10.2 Å². The molecule has 5 nitrogen and oxygen atoms in total. The lowest BCUT2D eigenvalue weighted by molar-refractivity contribution is -0.124. The third-order valence-corrected chi connectivity index (χ3v) is 2.69. The minimum absolute atomic E-state index is 0.0504. The normalized spacial score (nSPS) is 21.8. The second-order valence-electron chi connectivity index (χ2n) is 3.84. The third kappa shape index (κ3) is 1.91. The molecule has 80 valence electrons. The number of aromatic nitrogens is 2. The minimum atomic E-state index is -0.0770. The minimum Gasteiger partial charge on any atom is -0.336 e. The number of rotatable bonds is 1. The smallest absolute Gasteiger partial charge is 0.271 e. The van der Waals surface area contributed by atoms with E-state index in [1.54, 1.807) is 17.2 Å². The molecule has 1 fully saturated rings. The fourth-order valence-corrected chi connectivity index (χ4v) is 1.75. The van der Waals surface area contributed by atoms with Crippen LogP contribution >= 0.6 is 0 Å². The van der Waals surface area contributed by atoms with Gasteiger partial charge in [0.05, 0.1) is 0 Å². The van der Waals surface area contributed by atoms with Crippen LogP contribution in [-0.2, 0) is 4.79 Å². The number of carbonyl (C=O) groups excluding carboxylic acids is 2. The molecule has 1 aromatic rings. The molecule has 1 unspecified atom stereocenters. The van der Waals surface area contributed by atoms with Gasteiger partial charge in [0.2, 0.25) is 0 Å². The van der Waals surface area contributed by atoms with Crippen LogP contribution in [0.15, 0.2) is 12.3 Å². The van der Waals surface area contributed by atoms with Crippen molar-refractivity contribution in [2.45, 2.75) is 13.3 Å². The SMILES string of the molecule is CC1CN(C(=O)c2ccn[nH]2)CCC1=O. The predicted molar refractivity (Wildman–Crippen MR) is 53.3 cm³/mol. The summed E-state index contributed by atoms with van der Waals surface area (Å²) in [6.45, 7) is 2.88. The largest absolute Gasteiger partial charge is 0.336 e. The van der Waals surface area contributed by atoms with E-state index < -0.39 is 0 Å². The van der Waals surface area contributed by atoms with Crippen molar-refractivity contribution in [3.05, 3.63) is 18.0 Å². The van der Waals surface area contributed by atoms with Crippen molar-refractivity contribution in [2.24, 2.45) is 5.92 Å². The Bertz CT molecular complexity index is 372. The lowest BCUT2D eigenvalue weighted by Crippen LogP contribution is -2.43. The van der Waals surface area contributed by atoms with Crippen LogP contribution in [0.25, 0.3) is 0 Å². The number of H-pyrrole nitrogens is 1. The number of hydrogen-bond acceptors (Lipinski definition) is 3. The molecule has 1 amide bonds. The Kier molecular flexibility index (Phi) is 2.53. The number of amides is 1. The Balaban J connectivity index is 2.06. The monoisotopic (exact) mass is 207 g/mol. The lowest BCUT2D eigenvalue weighted by Gasteiger charge is -2.29. The summed E-state index contributed by atoms with van der Waals surface area (Å²) < 4.78 is 0. The van der Waals surface area contributed by atoms with Gasteiger partial charge < -0.3 is 4.90 Å². The van der Waals surface area contributed by atoms with Gasteiger partial charge in [-0.2, -0.15) is 5.10 Å². The van der Waals surface area contributed by atoms with Crippen molar-refractivity contribution >= 4 is 11.7 Å². The molecule has 0 saturated carbocycles. The quantitative estimate of drug-likeness (QED) is 0.727. The van der Waals surface area contributed by atoms with E-state index in [-0.39, 0.29) is 17.6 Å². The van der Waals surface area contributed by atoms with Crippen LogP contribution in [0.5, 0.6) is 0 Å². The first kappa shape index (κ1) is 9.89. The van der Waals surface area contributed by atoms with E-state index in [0.29, 0.717) is 25.2 Å². The molecule has 1 aromatic heterocycles. The highest BCUT2D eigenvalue weighted by molar-refractivity contribution is 5.93. The van der Waals surface area contributed by atoms with Gasteiger partial charge in [-0.15, -0.1) is 0 Å². The predicted octanol–water partition coefficient (Wildman–Crippen LogP) is 0.461. The lowest BCUT2D eigenvalue weighted by atomic mass is 9.98. The first-order chi connectivity index (χ1) is 7.18. The standard InChI is InChI=1S/C10H13N3O2/c1-7-6-13(5-3-9(7)14)10(15)8-2-4-11-12-8/h2,4,7H,3,5-6H2,1H3,(H,11,12). The van der Waals surface area contributed by atoms with E-state index in [0.717, 1.165) is 0 Å². The van der Waals surface area contributed by atoms with E-state index in [1.807, 2.05) is 6.92 Å². The fourth-order valence-electron chi connectivity index (χ4n) is 1.75. The van der Waals surface area contributed by atoms with Crippen LogP contribution in [0.1, 0.15) is 23.8 Å². The summed E-state index contributed by atoms with van der Waals surface area (Å²) in [7, 11) is 0. The summed E-state index contributed by atoms with van der Waals surface area (Å²) in [6, 6.07) is 1.64. The molecule has 0 radical (unpaired) electrons. The molecule has 1 aliphatic rings. The molecular formula is C10H13N3O2. The van der Waals surface area contributed by atoms with Gasteiger partial charge >= 0.3 is 0 Å². The van der Waals surface area contributed by atoms with E-state index in [9.17, 15) is 9.59 Å². The highest BCUT2D eigenvalue weighted by Crippen LogP contribution is 2.14. The van der Waals surface area contributed by atoms with Crippen molar-refractivity contribution in [2.75, 3.05) is 13.1 Å². The Morgan fingerprint density at radius 1 is 1.67 bits per heavy atom. The van der Waals surface area contributed by atoms with Crippen LogP contribution in [0.4, 0.5) is 0 Å². The molecule has 1 atom stereocenters. The average molecular weight is 207 g/mol. The summed E-state index contributed by atoms with van der Waals surface area (Å²) in [4.78, 5) is 24.8. The molecule has 15 heavy (non-hydrogen) atoms. The summed E-state index contributed by atoms with van der Waals surface area (Å²) >= 11 is 0. The second-order valence-corrected chi connectivity index (χ2v) is 3.84. The highest BCUT2D eigenvalue weighted by Gasteiger charge is 2.27. The maximum Gasteiger partial charge on any atom is 0.271 e. The van der Waals surface area contributed by atoms with Crippen molar-refractivity contribution in [3.63, 3.8) is 0 Å². The molecule has 1 saturated heterocycles. The Morgan fingerprint density at radius 3 is 3.07 bits per heavy atom. The molecule has 1 N–H and O–H groups in total. The van der Waals surface area contributed by atoms with Crippen molar-refractivity contribution < 1.29 is 9.59 Å². The number of ketones is 1. The Morgan fingerprint density at radius 2 is 2.47 bits per heavy atom. The number of nitrogens with one attached hydrogen (secondary N) is 1. The molecule has 5 heteroatoms. The Labute approximate surface area is 87.5 Å². The van der Waals surface area contributed by atoms with Gasteiger partial charge in [-0.05, 0) is 6.07 Å². The zero-order valence-electron chi connectivity index (χ0n) is 8.56. The molecule has 0 aromatic carbocycles. The number of aromatic amines is 1. The van der Waals surface area contributed by atoms with Gasteiger partial charge in [-0.1, -0.05) is 6.92 Å². The molecule has 2 heterocycles. The van der Waals surface area contributed by atoms with Crippen molar-refractivity contribution in [3.8, 4) is 0 Å². The summed E-state index contributed by atoms with van der Waals surface area (Å²) in [6.07, 6.45) is 2.01. The maximum atomic E-state index is 11.9. The maximum absolute atomic E-state index is 11.9. The number of Topliss-reactive ketones (excluding diaryl/α,β-unsaturated/α-hetero) is 1. The van der Waals surface area contributed by atoms with Gasteiger partial charge in [0.1, 0.15) is 11.5 Å². The molecule has 2 rings (SSSR count). The summed E-state index contributed by atoms with van der Waals surface area (Å²) in [5, 5.41) is 6.37. The number of likely N-dealkylation sites (tertiary alicyclic amines) is 1. The number of piperidine rings is 1. The van der Waals surface area contributed by atoms with Gasteiger partial charge in [0.15, 0.2) is 0 Å². The van der Waals surface area contributed by atoms with Crippen LogP contribution in [0, 0.1) is 5.92 Å². The summed E-state index contributed by atoms with van der Waals surface area (Å²) in [5.41, 5.74) is 0.483. The number of nitrogens with zero attached hydrogens (tertiary/aromatic N) is 2. The second kappa shape index (κ2) is 3.84. The van der Waals surface area contributed by atoms with E-state index in [1.165, 1.54) is 0 Å². The van der Waals surface area contributed by atoms with Crippen LogP contribution in [-0.4, -0.2) is 39.9 Å². The first-order valence-corrected chi connectivity index (χ1v) is 5.00.